The molecule has 1 rings (SSSR count). The van der Waals surface area contributed by atoms with Gasteiger partial charge < -0.3 is 15.8 Å². The number of nitrogens with one attached hydrogen (secondary N) is 1. The smallest absolute Gasteiger partial charge is 0.231 e. The number of carbonyl (C=O) groups is 1. The fourth-order valence-electron chi connectivity index (χ4n) is 0.940. The van der Waals surface area contributed by atoms with Crippen molar-refractivity contribution in [2.45, 2.75) is 12.5 Å². The molecule has 0 spiro atoms. The van der Waals surface area contributed by atoms with E-state index in [1.165, 1.54) is 0 Å². The van der Waals surface area contributed by atoms with E-state index < -0.39 is 0 Å². The fourth-order valence-corrected chi connectivity index (χ4v) is 0.940. The van der Waals surface area contributed by atoms with E-state index in [4.69, 9.17) is 10.5 Å². The van der Waals surface area contributed by atoms with Gasteiger partial charge in [0.05, 0.1) is 13.2 Å². The zero-order valence-corrected chi connectivity index (χ0v) is 5.80. The summed E-state index contributed by atoms with van der Waals surface area (Å²) in [6.45, 7) is 1.75. The number of amides is 1. The lowest BCUT2D eigenvalue weighted by Gasteiger charge is -2.06. The van der Waals surface area contributed by atoms with Crippen LogP contribution >= 0.6 is 0 Å². The molecule has 1 aliphatic heterocycles. The molecule has 1 fully saturated rings. The van der Waals surface area contributed by atoms with Gasteiger partial charge in [-0.25, -0.2) is 0 Å². The molecule has 1 aliphatic rings. The molecule has 0 bridgehead atoms. The predicted molar refractivity (Wildman–Crippen MR) is 36.4 cm³/mol. The minimum Gasteiger partial charge on any atom is -0.380 e. The van der Waals surface area contributed by atoms with Crippen molar-refractivity contribution in [2.24, 2.45) is 5.73 Å². The van der Waals surface area contributed by atoms with E-state index in [0.717, 1.165) is 13.0 Å². The number of hydrogen-bond donors (Lipinski definition) is 2. The highest BCUT2D eigenvalue weighted by molar-refractivity contribution is 5.75. The number of carbonyl (C=O) groups excluding carboxylic acids is 1. The van der Waals surface area contributed by atoms with Crippen LogP contribution in [0, 0.1) is 0 Å². The van der Waals surface area contributed by atoms with Gasteiger partial charge in [-0.1, -0.05) is 0 Å². The van der Waals surface area contributed by atoms with Crippen LogP contribution in [0.3, 0.4) is 0 Å². The van der Waals surface area contributed by atoms with Gasteiger partial charge in [-0.05, 0) is 6.42 Å². The minimum atomic E-state index is -0.313. The Morgan fingerprint density at radius 1 is 1.80 bits per heavy atom. The molecule has 1 heterocycles. The number of hydrogen-bond acceptors (Lipinski definition) is 3. The zero-order chi connectivity index (χ0) is 7.40. The van der Waals surface area contributed by atoms with E-state index in [1.807, 2.05) is 0 Å². The Bertz CT molecular complexity index is 121. The van der Waals surface area contributed by atoms with E-state index in [-0.39, 0.29) is 12.5 Å². The van der Waals surface area contributed by atoms with Crippen molar-refractivity contribution in [3.8, 4) is 0 Å². The third-order valence-electron chi connectivity index (χ3n) is 1.49. The molecule has 1 unspecified atom stereocenters. The molecule has 1 amide bonds. The van der Waals surface area contributed by atoms with Crippen molar-refractivity contribution in [1.29, 1.82) is 0 Å². The molecule has 58 valence electrons. The molecule has 0 aromatic rings. The predicted octanol–water partition coefficient (Wildman–Crippen LogP) is -1.15. The number of primary amides is 1. The largest absolute Gasteiger partial charge is 0.380 e. The summed E-state index contributed by atoms with van der Waals surface area (Å²) < 4.78 is 5.07. The highest BCUT2D eigenvalue weighted by atomic mass is 16.5. The number of rotatable bonds is 3. The van der Waals surface area contributed by atoms with E-state index >= 15 is 0 Å². The van der Waals surface area contributed by atoms with Gasteiger partial charge in [-0.15, -0.1) is 0 Å². The van der Waals surface area contributed by atoms with Crippen LogP contribution in [0.15, 0.2) is 0 Å². The summed E-state index contributed by atoms with van der Waals surface area (Å²) in [4.78, 5) is 10.3. The van der Waals surface area contributed by atoms with E-state index in [9.17, 15) is 4.79 Å². The third kappa shape index (κ3) is 2.33. The van der Waals surface area contributed by atoms with Crippen LogP contribution in [0.25, 0.3) is 0 Å². The van der Waals surface area contributed by atoms with Crippen LogP contribution in [0.5, 0.6) is 0 Å². The van der Waals surface area contributed by atoms with Gasteiger partial charge in [0.25, 0.3) is 0 Å². The van der Waals surface area contributed by atoms with Gasteiger partial charge in [0.1, 0.15) is 0 Å². The Morgan fingerprint density at radius 3 is 3.10 bits per heavy atom. The van der Waals surface area contributed by atoms with Crippen LogP contribution < -0.4 is 11.1 Å². The van der Waals surface area contributed by atoms with Gasteiger partial charge in [0.15, 0.2) is 0 Å². The molecule has 0 aromatic heterocycles. The van der Waals surface area contributed by atoms with E-state index in [2.05, 4.69) is 5.32 Å². The molecule has 1 saturated heterocycles. The van der Waals surface area contributed by atoms with Gasteiger partial charge in [-0.3, -0.25) is 4.79 Å². The van der Waals surface area contributed by atoms with Gasteiger partial charge in [0.2, 0.25) is 5.91 Å². The van der Waals surface area contributed by atoms with Crippen molar-refractivity contribution in [1.82, 2.24) is 5.32 Å². The van der Waals surface area contributed by atoms with Crippen LogP contribution in [0.2, 0.25) is 0 Å². The maximum Gasteiger partial charge on any atom is 0.231 e. The van der Waals surface area contributed by atoms with Crippen molar-refractivity contribution >= 4 is 5.91 Å². The summed E-state index contributed by atoms with van der Waals surface area (Å²) in [7, 11) is 0. The first-order chi connectivity index (χ1) is 4.79. The Labute approximate surface area is 59.7 Å². The zero-order valence-electron chi connectivity index (χ0n) is 5.80. The fraction of sp³-hybridized carbons (Fsp3) is 0.833. The lowest BCUT2D eigenvalue weighted by Crippen LogP contribution is -2.36. The molecule has 1 atom stereocenters. The molecular weight excluding hydrogens is 132 g/mol. The van der Waals surface area contributed by atoms with Crippen molar-refractivity contribution < 1.29 is 9.53 Å². The molecule has 3 N–H and O–H groups in total. The van der Waals surface area contributed by atoms with Gasteiger partial charge in [0, 0.05) is 12.6 Å². The molecule has 4 heteroatoms. The second kappa shape index (κ2) is 3.53. The molecule has 0 saturated carbocycles. The summed E-state index contributed by atoms with van der Waals surface area (Å²) in [5.41, 5.74) is 4.93. The Balaban J connectivity index is 2.07. The average Bonchev–Trinajstić information content (AvgIpc) is 2.34. The first-order valence-electron chi connectivity index (χ1n) is 3.38. The lowest BCUT2D eigenvalue weighted by molar-refractivity contribution is -0.117. The van der Waals surface area contributed by atoms with E-state index in [1.54, 1.807) is 0 Å². The van der Waals surface area contributed by atoms with Crippen molar-refractivity contribution in [3.63, 3.8) is 0 Å². The first-order valence-corrected chi connectivity index (χ1v) is 3.38. The summed E-state index contributed by atoms with van der Waals surface area (Å²) in [5, 5.41) is 2.98. The average molecular weight is 144 g/mol. The van der Waals surface area contributed by atoms with E-state index in [0.29, 0.717) is 12.6 Å². The molecule has 0 aliphatic carbocycles. The summed E-state index contributed by atoms with van der Waals surface area (Å²) in [5.74, 6) is -0.313. The summed E-state index contributed by atoms with van der Waals surface area (Å²) in [6.07, 6.45) is 0.979. The first kappa shape index (κ1) is 7.50. The normalized spacial score (nSPS) is 25.0. The maximum atomic E-state index is 10.3. The van der Waals surface area contributed by atoms with Crippen LogP contribution in [0.4, 0.5) is 0 Å². The van der Waals surface area contributed by atoms with Crippen molar-refractivity contribution in [3.05, 3.63) is 0 Å². The molecule has 10 heavy (non-hydrogen) atoms. The topological polar surface area (TPSA) is 64.4 Å². The highest BCUT2D eigenvalue weighted by Crippen LogP contribution is 2.01. The third-order valence-corrected chi connectivity index (χ3v) is 1.49. The standard InChI is InChI=1S/C6H12N2O2/c7-6(9)3-8-5-1-2-10-4-5/h5,8H,1-4H2,(H2,7,9). The molecule has 4 nitrogen and oxygen atoms in total. The van der Waals surface area contributed by atoms with Crippen molar-refractivity contribution in [2.75, 3.05) is 19.8 Å². The van der Waals surface area contributed by atoms with Gasteiger partial charge in [-0.2, -0.15) is 0 Å². The van der Waals surface area contributed by atoms with Gasteiger partial charge >= 0.3 is 0 Å². The minimum absolute atomic E-state index is 0.258. The second-order valence-electron chi connectivity index (χ2n) is 2.41. The Morgan fingerprint density at radius 2 is 2.60 bits per heavy atom. The van der Waals surface area contributed by atoms with Crippen LogP contribution in [-0.4, -0.2) is 31.7 Å². The molecule has 0 aromatic carbocycles. The summed E-state index contributed by atoms with van der Waals surface area (Å²) >= 11 is 0. The lowest BCUT2D eigenvalue weighted by atomic mass is 10.2. The number of ether oxygens (including phenoxy) is 1. The number of nitrogens with two attached hydrogens (primary N) is 1. The molecule has 0 radical (unpaired) electrons. The monoisotopic (exact) mass is 144 g/mol. The maximum absolute atomic E-state index is 10.3. The Hall–Kier alpha value is -0.610. The SMILES string of the molecule is NC(=O)CNC1CCOC1. The quantitative estimate of drug-likeness (QED) is 0.525. The highest BCUT2D eigenvalue weighted by Gasteiger charge is 2.14. The molecular formula is C6H12N2O2. The van der Waals surface area contributed by atoms with Crippen LogP contribution in [-0.2, 0) is 9.53 Å². The van der Waals surface area contributed by atoms with Crippen LogP contribution in [0.1, 0.15) is 6.42 Å². The summed E-state index contributed by atoms with van der Waals surface area (Å²) in [6, 6.07) is 0.326. The Kier molecular flexibility index (Phi) is 2.65. The second-order valence-corrected chi connectivity index (χ2v) is 2.41.